The van der Waals surface area contributed by atoms with E-state index in [2.05, 4.69) is 0 Å². The molecule has 90 valence electrons. The summed E-state index contributed by atoms with van der Waals surface area (Å²) in [5.74, 6) is -9.27. The molecule has 1 rings (SSSR count). The predicted molar refractivity (Wildman–Crippen MR) is 47.9 cm³/mol. The highest BCUT2D eigenvalue weighted by molar-refractivity contribution is 6.37. The van der Waals surface area contributed by atoms with Gasteiger partial charge in [-0.25, -0.2) is 18.0 Å². The molecule has 0 aliphatic heterocycles. The highest BCUT2D eigenvalue weighted by Gasteiger charge is 2.20. The Bertz CT molecular complexity index is 487. The van der Waals surface area contributed by atoms with Gasteiger partial charge in [0.1, 0.15) is 0 Å². The molecule has 1 aromatic rings. The Morgan fingerprint density at radius 1 is 1.06 bits per heavy atom. The third-order valence-electron chi connectivity index (χ3n) is 1.87. The highest BCUT2D eigenvalue weighted by Crippen LogP contribution is 2.15. The van der Waals surface area contributed by atoms with Crippen LogP contribution in [0.25, 0.3) is 0 Å². The van der Waals surface area contributed by atoms with E-state index in [0.717, 1.165) is 0 Å². The van der Waals surface area contributed by atoms with E-state index in [0.29, 0.717) is 12.1 Å². The van der Waals surface area contributed by atoms with Crippen molar-refractivity contribution in [1.29, 1.82) is 0 Å². The van der Waals surface area contributed by atoms with Gasteiger partial charge in [-0.1, -0.05) is 0 Å². The van der Waals surface area contributed by atoms with Crippen LogP contribution in [0.1, 0.15) is 16.8 Å². The second-order valence-corrected chi connectivity index (χ2v) is 3.08. The van der Waals surface area contributed by atoms with E-state index in [1.807, 2.05) is 0 Å². The van der Waals surface area contributed by atoms with Gasteiger partial charge in [-0.15, -0.1) is 0 Å². The summed E-state index contributed by atoms with van der Waals surface area (Å²) in [4.78, 5) is 32.1. The molecule has 1 N–H and O–H groups in total. The molecule has 0 aromatic heterocycles. The average molecular weight is 246 g/mol. The molecule has 0 saturated carbocycles. The number of Topliss-reactive ketones (excluding diaryl/α,β-unsaturated/α-hetero) is 2. The minimum atomic E-state index is -1.83. The van der Waals surface area contributed by atoms with E-state index in [-0.39, 0.29) is 0 Å². The summed E-state index contributed by atoms with van der Waals surface area (Å²) in [7, 11) is 0. The Morgan fingerprint density at radius 2 is 1.53 bits per heavy atom. The zero-order valence-corrected chi connectivity index (χ0v) is 8.17. The topological polar surface area (TPSA) is 71.4 Å². The van der Waals surface area contributed by atoms with Crippen LogP contribution in [0, 0.1) is 17.5 Å². The van der Waals surface area contributed by atoms with Gasteiger partial charge in [0.05, 0.1) is 6.42 Å². The summed E-state index contributed by atoms with van der Waals surface area (Å²) >= 11 is 0. The van der Waals surface area contributed by atoms with Crippen LogP contribution in [0.5, 0.6) is 0 Å². The molecule has 0 heterocycles. The molecule has 0 atom stereocenters. The maximum atomic E-state index is 12.7. The second-order valence-electron chi connectivity index (χ2n) is 3.08. The van der Waals surface area contributed by atoms with Gasteiger partial charge in [0.25, 0.3) is 0 Å². The maximum Gasteiger partial charge on any atom is 0.372 e. The minimum absolute atomic E-state index is 0.399. The molecule has 4 nitrogen and oxygen atoms in total. The molecular formula is C10H5F3O4. The minimum Gasteiger partial charge on any atom is -0.475 e. The van der Waals surface area contributed by atoms with E-state index in [9.17, 15) is 27.6 Å². The lowest BCUT2D eigenvalue weighted by Crippen LogP contribution is -2.17. The fraction of sp³-hybridized carbons (Fsp3) is 0.100. The number of carboxylic acids is 1. The van der Waals surface area contributed by atoms with Crippen LogP contribution < -0.4 is 0 Å². The third-order valence-corrected chi connectivity index (χ3v) is 1.87. The second kappa shape index (κ2) is 4.77. The van der Waals surface area contributed by atoms with Crippen LogP contribution in [0.2, 0.25) is 0 Å². The van der Waals surface area contributed by atoms with Crippen molar-refractivity contribution in [1.82, 2.24) is 0 Å². The Morgan fingerprint density at radius 3 is 1.94 bits per heavy atom. The molecule has 0 amide bonds. The Labute approximate surface area is 92.7 Å². The van der Waals surface area contributed by atoms with Crippen LogP contribution in [-0.4, -0.2) is 22.6 Å². The number of ketones is 2. The first-order valence-electron chi connectivity index (χ1n) is 4.26. The number of aliphatic carboxylic acids is 1. The fourth-order valence-corrected chi connectivity index (χ4v) is 1.04. The van der Waals surface area contributed by atoms with Crippen molar-refractivity contribution < 1.29 is 32.7 Å². The highest BCUT2D eigenvalue weighted by atomic mass is 19.2. The van der Waals surface area contributed by atoms with Crippen molar-refractivity contribution in [2.75, 3.05) is 0 Å². The largest absolute Gasteiger partial charge is 0.475 e. The van der Waals surface area contributed by atoms with E-state index >= 15 is 0 Å². The number of carbonyl (C=O) groups excluding carboxylic acids is 2. The van der Waals surface area contributed by atoms with Crippen molar-refractivity contribution in [3.8, 4) is 0 Å². The van der Waals surface area contributed by atoms with Crippen LogP contribution in [-0.2, 0) is 9.59 Å². The standard InChI is InChI=1S/C10H5F3O4/c11-5-1-4(2-6(12)9(5)13)7(14)3-8(15)10(16)17/h1-2H,3H2,(H,16,17). The SMILES string of the molecule is O=C(O)C(=O)CC(=O)c1cc(F)c(F)c(F)c1. The Balaban J connectivity index is 2.98. The molecule has 1 aromatic carbocycles. The van der Waals surface area contributed by atoms with E-state index < -0.39 is 47.0 Å². The summed E-state index contributed by atoms with van der Waals surface area (Å²) in [5, 5.41) is 8.22. The predicted octanol–water partition coefficient (Wildman–Crippen LogP) is 1.33. The lowest BCUT2D eigenvalue weighted by atomic mass is 10.1. The number of rotatable bonds is 4. The van der Waals surface area contributed by atoms with Gasteiger partial charge in [-0.3, -0.25) is 9.59 Å². The number of benzene rings is 1. The molecule has 0 aliphatic carbocycles. The molecule has 0 unspecified atom stereocenters. The summed E-state index contributed by atoms with van der Waals surface area (Å²) in [5.41, 5.74) is -0.601. The van der Waals surface area contributed by atoms with Crippen LogP contribution >= 0.6 is 0 Å². The molecule has 0 aliphatic rings. The number of hydrogen-bond acceptors (Lipinski definition) is 3. The van der Waals surface area contributed by atoms with Crippen LogP contribution in [0.4, 0.5) is 13.2 Å². The lowest BCUT2D eigenvalue weighted by molar-refractivity contribution is -0.148. The van der Waals surface area contributed by atoms with Crippen molar-refractivity contribution in [3.63, 3.8) is 0 Å². The summed E-state index contributed by atoms with van der Waals surface area (Å²) < 4.78 is 38.0. The zero-order valence-electron chi connectivity index (χ0n) is 8.17. The van der Waals surface area contributed by atoms with Gasteiger partial charge >= 0.3 is 5.97 Å². The number of carbonyl (C=O) groups is 3. The average Bonchev–Trinajstić information content (AvgIpc) is 2.24. The maximum absolute atomic E-state index is 12.7. The van der Waals surface area contributed by atoms with Gasteiger partial charge < -0.3 is 5.11 Å². The van der Waals surface area contributed by atoms with Gasteiger partial charge in [0.15, 0.2) is 23.2 Å². The van der Waals surface area contributed by atoms with Gasteiger partial charge in [0.2, 0.25) is 5.78 Å². The lowest BCUT2D eigenvalue weighted by Gasteiger charge is -2.01. The summed E-state index contributed by atoms with van der Waals surface area (Å²) in [6.07, 6.45) is -1.04. The fourth-order valence-electron chi connectivity index (χ4n) is 1.04. The quantitative estimate of drug-likeness (QED) is 0.376. The number of carboxylic acid groups (broad SMARTS) is 1. The van der Waals surface area contributed by atoms with E-state index in [4.69, 9.17) is 5.11 Å². The summed E-state index contributed by atoms with van der Waals surface area (Å²) in [6, 6.07) is 0.797. The smallest absolute Gasteiger partial charge is 0.372 e. The Kier molecular flexibility index (Phi) is 3.62. The van der Waals surface area contributed by atoms with Crippen molar-refractivity contribution in [3.05, 3.63) is 35.1 Å². The van der Waals surface area contributed by atoms with E-state index in [1.165, 1.54) is 0 Å². The zero-order chi connectivity index (χ0) is 13.2. The third kappa shape index (κ3) is 2.90. The van der Waals surface area contributed by atoms with Crippen LogP contribution in [0.3, 0.4) is 0 Å². The molecule has 0 fully saturated rings. The molecule has 0 spiro atoms. The number of hydrogen-bond donors (Lipinski definition) is 1. The first-order valence-corrected chi connectivity index (χ1v) is 4.26. The first kappa shape index (κ1) is 12.9. The number of halogens is 3. The first-order chi connectivity index (χ1) is 7.82. The molecule has 17 heavy (non-hydrogen) atoms. The Hall–Kier alpha value is -2.18. The molecule has 0 bridgehead atoms. The monoisotopic (exact) mass is 246 g/mol. The molecule has 7 heteroatoms. The molecular weight excluding hydrogens is 241 g/mol. The van der Waals surface area contributed by atoms with Crippen molar-refractivity contribution >= 4 is 17.5 Å². The normalized spacial score (nSPS) is 10.1. The summed E-state index contributed by atoms with van der Waals surface area (Å²) in [6.45, 7) is 0. The molecule has 0 saturated heterocycles. The van der Waals surface area contributed by atoms with E-state index in [1.54, 1.807) is 0 Å². The van der Waals surface area contributed by atoms with Crippen molar-refractivity contribution in [2.45, 2.75) is 6.42 Å². The van der Waals surface area contributed by atoms with Crippen molar-refractivity contribution in [2.24, 2.45) is 0 Å². The van der Waals surface area contributed by atoms with Crippen LogP contribution in [0.15, 0.2) is 12.1 Å². The van der Waals surface area contributed by atoms with Gasteiger partial charge in [-0.05, 0) is 12.1 Å². The molecule has 0 radical (unpaired) electrons. The van der Waals surface area contributed by atoms with Gasteiger partial charge in [-0.2, -0.15) is 0 Å². The van der Waals surface area contributed by atoms with Gasteiger partial charge in [0, 0.05) is 5.56 Å².